The van der Waals surface area contributed by atoms with Gasteiger partial charge in [0.15, 0.2) is 5.82 Å². The highest BCUT2D eigenvalue weighted by Gasteiger charge is 2.47. The molecule has 1 aromatic carbocycles. The first-order valence-electron chi connectivity index (χ1n) is 15.8. The molecule has 5 aromatic rings. The molecule has 1 saturated heterocycles. The quantitative estimate of drug-likeness (QED) is 0.264. The summed E-state index contributed by atoms with van der Waals surface area (Å²) >= 11 is 0. The van der Waals surface area contributed by atoms with Crippen LogP contribution in [0, 0.1) is 11.8 Å². The van der Waals surface area contributed by atoms with Crippen molar-refractivity contribution >= 4 is 39.8 Å². The van der Waals surface area contributed by atoms with Crippen LogP contribution in [-0.4, -0.2) is 73.8 Å². The minimum atomic E-state index is -0.551. The first kappa shape index (κ1) is 28.5. The van der Waals surface area contributed by atoms with Gasteiger partial charge in [0.05, 0.1) is 48.7 Å². The number of nitrogens with one attached hydrogen (secondary N) is 1. The molecule has 12 nitrogen and oxygen atoms in total. The Balaban J connectivity index is 1.19. The normalized spacial score (nSPS) is 20.5. The molecule has 2 aliphatic carbocycles. The molecule has 4 aromatic heterocycles. The fourth-order valence-corrected chi connectivity index (χ4v) is 7.25. The number of methoxy groups -OCH3 is 2. The first-order chi connectivity index (χ1) is 22.3. The molecule has 236 valence electrons. The van der Waals surface area contributed by atoms with E-state index in [1.807, 2.05) is 40.8 Å². The number of piperidine rings is 1. The number of fused-ring (bicyclic) bond motifs is 4. The highest BCUT2D eigenvalue weighted by molar-refractivity contribution is 6.00. The van der Waals surface area contributed by atoms with E-state index in [1.165, 1.54) is 20.0 Å². The second-order valence-electron chi connectivity index (χ2n) is 12.7. The summed E-state index contributed by atoms with van der Waals surface area (Å²) in [5.41, 5.74) is 12.3. The standard InChI is InChI=1S/C34H36N8O4/c1-40-30-25(12-21(14-28(30)45-2)33(43)42-17-20-7-11-26(42)29(20)35)39-32(40)27-13-19-6-9-24(38-31(19)41(27)16-18-4-5-18)23-10-8-22(15-36-23)37-34(44)46-3/h6,8-10,12-15,18,20,26,29H,4-5,7,11,16-17,35H2,1-3H3,(H,37,44). The Morgan fingerprint density at radius 3 is 2.52 bits per heavy atom. The average Bonchev–Trinajstić information content (AvgIpc) is 3.48. The van der Waals surface area contributed by atoms with Crippen LogP contribution in [-0.2, 0) is 18.3 Å². The van der Waals surface area contributed by atoms with Gasteiger partial charge in [-0.25, -0.2) is 14.8 Å². The molecule has 0 spiro atoms. The lowest BCUT2D eigenvalue weighted by molar-refractivity contribution is 0.0700. The molecule has 3 unspecified atom stereocenters. The van der Waals surface area contributed by atoms with Crippen LogP contribution in [0.4, 0.5) is 10.5 Å². The van der Waals surface area contributed by atoms with Gasteiger partial charge in [0, 0.05) is 43.2 Å². The molecule has 2 saturated carbocycles. The summed E-state index contributed by atoms with van der Waals surface area (Å²) in [6, 6.07) is 13.6. The molecule has 2 bridgehead atoms. The number of pyridine rings is 2. The van der Waals surface area contributed by atoms with E-state index in [-0.39, 0.29) is 18.0 Å². The van der Waals surface area contributed by atoms with Crippen LogP contribution in [0.3, 0.4) is 0 Å². The van der Waals surface area contributed by atoms with Gasteiger partial charge in [0.2, 0.25) is 0 Å². The molecule has 3 fully saturated rings. The number of carbonyl (C=O) groups is 2. The van der Waals surface area contributed by atoms with Gasteiger partial charge in [-0.15, -0.1) is 0 Å². The van der Waals surface area contributed by atoms with E-state index >= 15 is 0 Å². The number of carbonyl (C=O) groups excluding carboxylic acids is 2. The van der Waals surface area contributed by atoms with E-state index in [2.05, 4.69) is 31.7 Å². The zero-order valence-electron chi connectivity index (χ0n) is 26.1. The van der Waals surface area contributed by atoms with Crippen molar-refractivity contribution in [2.45, 2.75) is 44.3 Å². The van der Waals surface area contributed by atoms with Crippen LogP contribution in [0.2, 0.25) is 0 Å². The van der Waals surface area contributed by atoms with Gasteiger partial charge in [-0.1, -0.05) is 0 Å². The third-order valence-electron chi connectivity index (χ3n) is 9.88. The zero-order chi connectivity index (χ0) is 31.7. The summed E-state index contributed by atoms with van der Waals surface area (Å²) < 4.78 is 14.8. The van der Waals surface area contributed by atoms with Gasteiger partial charge in [-0.3, -0.25) is 15.1 Å². The lowest BCUT2D eigenvalue weighted by Gasteiger charge is -2.27. The fraction of sp³-hybridized carbons (Fsp3) is 0.382. The van der Waals surface area contributed by atoms with Crippen molar-refractivity contribution in [1.82, 2.24) is 29.0 Å². The maximum atomic E-state index is 13.7. The van der Waals surface area contributed by atoms with Gasteiger partial charge < -0.3 is 29.2 Å². The minimum Gasteiger partial charge on any atom is -0.494 e. The Hall–Kier alpha value is -4.97. The zero-order valence-corrected chi connectivity index (χ0v) is 26.1. The molecule has 2 amide bonds. The monoisotopic (exact) mass is 620 g/mol. The van der Waals surface area contributed by atoms with Crippen molar-refractivity contribution in [2.24, 2.45) is 24.6 Å². The number of amides is 2. The number of anilines is 1. The van der Waals surface area contributed by atoms with Crippen molar-refractivity contribution in [3.63, 3.8) is 0 Å². The van der Waals surface area contributed by atoms with Gasteiger partial charge >= 0.3 is 6.09 Å². The van der Waals surface area contributed by atoms with Crippen LogP contribution >= 0.6 is 0 Å². The molecule has 46 heavy (non-hydrogen) atoms. The van der Waals surface area contributed by atoms with Gasteiger partial charge in [0.1, 0.15) is 16.9 Å². The number of hydrogen-bond acceptors (Lipinski definition) is 8. The smallest absolute Gasteiger partial charge is 0.411 e. The number of imidazole rings is 1. The number of aromatic nitrogens is 5. The number of rotatable bonds is 7. The van der Waals surface area contributed by atoms with E-state index in [0.29, 0.717) is 46.6 Å². The number of nitrogens with two attached hydrogens (primary N) is 1. The Kier molecular flexibility index (Phi) is 6.71. The van der Waals surface area contributed by atoms with Crippen LogP contribution < -0.4 is 15.8 Å². The summed E-state index contributed by atoms with van der Waals surface area (Å²) in [5.74, 6) is 2.32. The SMILES string of the molecule is COC(=O)Nc1ccc(-c2ccc3cc(-c4nc5cc(C(=O)N6CC7CCC6C7N)cc(OC)c5n4C)n(CC4CC4)c3n2)nc1. The average molecular weight is 621 g/mol. The molecule has 3 aliphatic rings. The summed E-state index contributed by atoms with van der Waals surface area (Å²) in [4.78, 5) is 41.9. The van der Waals surface area contributed by atoms with Crippen molar-refractivity contribution in [1.29, 1.82) is 0 Å². The predicted octanol–water partition coefficient (Wildman–Crippen LogP) is 4.81. The molecule has 5 heterocycles. The first-order valence-corrected chi connectivity index (χ1v) is 15.8. The van der Waals surface area contributed by atoms with E-state index in [0.717, 1.165) is 53.1 Å². The molecule has 3 atom stereocenters. The van der Waals surface area contributed by atoms with Gasteiger partial charge in [-0.2, -0.15) is 0 Å². The van der Waals surface area contributed by atoms with Crippen LogP contribution in [0.15, 0.2) is 48.7 Å². The summed E-state index contributed by atoms with van der Waals surface area (Å²) in [6.45, 7) is 1.53. The van der Waals surface area contributed by atoms with Crippen LogP contribution in [0.1, 0.15) is 36.0 Å². The van der Waals surface area contributed by atoms with Crippen LogP contribution in [0.25, 0.3) is 45.0 Å². The number of aryl methyl sites for hydroxylation is 1. The molecule has 3 N–H and O–H groups in total. The van der Waals surface area contributed by atoms with Gasteiger partial charge in [0.25, 0.3) is 5.91 Å². The van der Waals surface area contributed by atoms with Crippen molar-refractivity contribution in [2.75, 3.05) is 26.1 Å². The lowest BCUT2D eigenvalue weighted by Crippen LogP contribution is -2.41. The summed E-state index contributed by atoms with van der Waals surface area (Å²) in [7, 11) is 4.93. The van der Waals surface area contributed by atoms with Crippen LogP contribution in [0.5, 0.6) is 5.75 Å². The number of nitrogens with zero attached hydrogens (tertiary/aromatic N) is 6. The fourth-order valence-electron chi connectivity index (χ4n) is 7.25. The highest BCUT2D eigenvalue weighted by Crippen LogP contribution is 2.40. The Bertz CT molecular complexity index is 2010. The highest BCUT2D eigenvalue weighted by atomic mass is 16.5. The Morgan fingerprint density at radius 1 is 1.02 bits per heavy atom. The third-order valence-corrected chi connectivity index (χ3v) is 9.88. The van der Waals surface area contributed by atoms with E-state index in [1.54, 1.807) is 19.4 Å². The number of likely N-dealkylation sites (tertiary alicyclic amines) is 1. The Morgan fingerprint density at radius 2 is 1.85 bits per heavy atom. The maximum absolute atomic E-state index is 13.7. The molecule has 0 radical (unpaired) electrons. The second kappa shape index (κ2) is 10.8. The molecular formula is C34H36N8O4. The molecule has 1 aliphatic heterocycles. The summed E-state index contributed by atoms with van der Waals surface area (Å²) in [5, 5.41) is 3.62. The van der Waals surface area contributed by atoms with Crippen molar-refractivity contribution < 1.29 is 19.1 Å². The number of ether oxygens (including phenoxy) is 2. The molecule has 12 heteroatoms. The minimum absolute atomic E-state index is 0.0163. The predicted molar refractivity (Wildman–Crippen MR) is 173 cm³/mol. The number of benzene rings is 1. The second-order valence-corrected chi connectivity index (χ2v) is 12.7. The third kappa shape index (κ3) is 4.66. The lowest BCUT2D eigenvalue weighted by atomic mass is 10.1. The topological polar surface area (TPSA) is 142 Å². The van der Waals surface area contributed by atoms with E-state index in [9.17, 15) is 9.59 Å². The molecule has 8 rings (SSSR count). The maximum Gasteiger partial charge on any atom is 0.411 e. The molecular weight excluding hydrogens is 584 g/mol. The van der Waals surface area contributed by atoms with E-state index in [4.69, 9.17) is 20.4 Å². The van der Waals surface area contributed by atoms with Crippen molar-refractivity contribution in [3.05, 3.63) is 54.2 Å². The Labute approximate surface area is 265 Å². The largest absolute Gasteiger partial charge is 0.494 e. The van der Waals surface area contributed by atoms with Crippen molar-refractivity contribution in [3.8, 4) is 28.7 Å². The van der Waals surface area contributed by atoms with Gasteiger partial charge in [-0.05, 0) is 80.0 Å². The summed E-state index contributed by atoms with van der Waals surface area (Å²) in [6.07, 6.45) is 5.44. The van der Waals surface area contributed by atoms with E-state index < -0.39 is 6.09 Å². The number of hydrogen-bond donors (Lipinski definition) is 2.